The fourth-order valence-corrected chi connectivity index (χ4v) is 2.72. The van der Waals surface area contributed by atoms with Crippen LogP contribution in [0.5, 0.6) is 0 Å². The van der Waals surface area contributed by atoms with Gasteiger partial charge in [0.1, 0.15) is 6.79 Å². The van der Waals surface area contributed by atoms with Gasteiger partial charge in [0.25, 0.3) is 0 Å². The van der Waals surface area contributed by atoms with Crippen molar-refractivity contribution >= 4 is 0 Å². The third-order valence-electron chi connectivity index (χ3n) is 3.38. The minimum absolute atomic E-state index is 0.444. The SMILES string of the molecule is CC(C)C1OCOC2CCCCC21. The van der Waals surface area contributed by atoms with Gasteiger partial charge in [-0.25, -0.2) is 0 Å². The van der Waals surface area contributed by atoms with Crippen LogP contribution in [0.1, 0.15) is 39.5 Å². The van der Waals surface area contributed by atoms with E-state index >= 15 is 0 Å². The number of hydrogen-bond donors (Lipinski definition) is 0. The summed E-state index contributed by atoms with van der Waals surface area (Å²) in [6, 6.07) is 0. The van der Waals surface area contributed by atoms with Gasteiger partial charge < -0.3 is 9.47 Å². The fraction of sp³-hybridized carbons (Fsp3) is 1.00. The molecule has 3 atom stereocenters. The number of ether oxygens (including phenoxy) is 2. The maximum Gasteiger partial charge on any atom is 0.147 e. The molecule has 1 saturated carbocycles. The van der Waals surface area contributed by atoms with Crippen molar-refractivity contribution in [3.05, 3.63) is 0 Å². The largest absolute Gasteiger partial charge is 0.352 e. The summed E-state index contributed by atoms with van der Waals surface area (Å²) in [5.41, 5.74) is 0. The predicted molar refractivity (Wildman–Crippen MR) is 51.4 cm³/mol. The van der Waals surface area contributed by atoms with Gasteiger partial charge in [-0.15, -0.1) is 0 Å². The first-order chi connectivity index (χ1) is 6.29. The van der Waals surface area contributed by atoms with Gasteiger partial charge in [-0.3, -0.25) is 0 Å². The summed E-state index contributed by atoms with van der Waals surface area (Å²) in [4.78, 5) is 0. The molecule has 0 radical (unpaired) electrons. The smallest absolute Gasteiger partial charge is 0.147 e. The van der Waals surface area contributed by atoms with Crippen LogP contribution in [-0.4, -0.2) is 19.0 Å². The number of rotatable bonds is 1. The highest BCUT2D eigenvalue weighted by Crippen LogP contribution is 2.36. The molecule has 0 spiro atoms. The molecule has 2 nitrogen and oxygen atoms in total. The third-order valence-corrected chi connectivity index (χ3v) is 3.38. The monoisotopic (exact) mass is 184 g/mol. The van der Waals surface area contributed by atoms with Crippen molar-refractivity contribution in [1.82, 2.24) is 0 Å². The Morgan fingerprint density at radius 2 is 1.85 bits per heavy atom. The van der Waals surface area contributed by atoms with E-state index in [1.165, 1.54) is 25.7 Å². The Hall–Kier alpha value is -0.0800. The number of fused-ring (bicyclic) bond motifs is 1. The van der Waals surface area contributed by atoms with Gasteiger partial charge in [-0.1, -0.05) is 26.7 Å². The molecule has 76 valence electrons. The topological polar surface area (TPSA) is 18.5 Å². The molecule has 0 bridgehead atoms. The van der Waals surface area contributed by atoms with Crippen molar-refractivity contribution in [2.45, 2.75) is 51.7 Å². The Balaban J connectivity index is 2.02. The molecule has 0 aromatic carbocycles. The van der Waals surface area contributed by atoms with Gasteiger partial charge in [0.15, 0.2) is 0 Å². The maximum atomic E-state index is 5.69. The minimum Gasteiger partial charge on any atom is -0.352 e. The first-order valence-electron chi connectivity index (χ1n) is 5.52. The lowest BCUT2D eigenvalue weighted by Gasteiger charge is -2.42. The quantitative estimate of drug-likeness (QED) is 0.623. The molecular formula is C11H20O2. The molecule has 0 aromatic rings. The molecular weight excluding hydrogens is 164 g/mol. The lowest BCUT2D eigenvalue weighted by Crippen LogP contribution is -2.45. The Labute approximate surface area is 80.6 Å². The van der Waals surface area contributed by atoms with Gasteiger partial charge in [0.2, 0.25) is 0 Å². The zero-order chi connectivity index (χ0) is 9.26. The lowest BCUT2D eigenvalue weighted by atomic mass is 9.78. The molecule has 1 heterocycles. The Kier molecular flexibility index (Phi) is 2.89. The van der Waals surface area contributed by atoms with Crippen molar-refractivity contribution in [2.75, 3.05) is 6.79 Å². The van der Waals surface area contributed by atoms with Gasteiger partial charge in [-0.2, -0.15) is 0 Å². The average Bonchev–Trinajstić information content (AvgIpc) is 2.17. The Morgan fingerprint density at radius 3 is 2.62 bits per heavy atom. The zero-order valence-corrected chi connectivity index (χ0v) is 8.66. The van der Waals surface area contributed by atoms with E-state index in [9.17, 15) is 0 Å². The predicted octanol–water partition coefficient (Wildman–Crippen LogP) is 2.57. The molecule has 2 aliphatic rings. The molecule has 1 saturated heterocycles. The summed E-state index contributed by atoms with van der Waals surface area (Å²) in [5.74, 6) is 1.30. The summed E-state index contributed by atoms with van der Waals surface area (Å²) in [6.45, 7) is 5.02. The van der Waals surface area contributed by atoms with Crippen LogP contribution in [0.15, 0.2) is 0 Å². The van der Waals surface area contributed by atoms with Crippen LogP contribution in [0.2, 0.25) is 0 Å². The van der Waals surface area contributed by atoms with Crippen molar-refractivity contribution in [1.29, 1.82) is 0 Å². The Bertz CT molecular complexity index is 165. The molecule has 0 N–H and O–H groups in total. The van der Waals surface area contributed by atoms with Crippen LogP contribution in [0, 0.1) is 11.8 Å². The first-order valence-corrected chi connectivity index (χ1v) is 5.52. The van der Waals surface area contributed by atoms with Crippen LogP contribution in [-0.2, 0) is 9.47 Å². The lowest BCUT2D eigenvalue weighted by molar-refractivity contribution is -0.227. The van der Waals surface area contributed by atoms with Gasteiger partial charge >= 0.3 is 0 Å². The number of hydrogen-bond acceptors (Lipinski definition) is 2. The molecule has 13 heavy (non-hydrogen) atoms. The van der Waals surface area contributed by atoms with Gasteiger partial charge in [0, 0.05) is 5.92 Å². The fourth-order valence-electron chi connectivity index (χ4n) is 2.72. The van der Waals surface area contributed by atoms with Crippen molar-refractivity contribution in [2.24, 2.45) is 11.8 Å². The minimum atomic E-state index is 0.444. The maximum absolute atomic E-state index is 5.69. The van der Waals surface area contributed by atoms with E-state index in [1.54, 1.807) is 0 Å². The van der Waals surface area contributed by atoms with Crippen LogP contribution >= 0.6 is 0 Å². The summed E-state index contributed by atoms with van der Waals surface area (Å²) in [7, 11) is 0. The third kappa shape index (κ3) is 1.89. The van der Waals surface area contributed by atoms with Crippen molar-refractivity contribution < 1.29 is 9.47 Å². The molecule has 2 fully saturated rings. The second kappa shape index (κ2) is 3.97. The zero-order valence-electron chi connectivity index (χ0n) is 8.66. The van der Waals surface area contributed by atoms with Gasteiger partial charge in [0.05, 0.1) is 12.2 Å². The molecule has 1 aliphatic carbocycles. The molecule has 0 aromatic heterocycles. The second-order valence-corrected chi connectivity index (χ2v) is 4.65. The highest BCUT2D eigenvalue weighted by Gasteiger charge is 2.37. The molecule has 2 heteroatoms. The van der Waals surface area contributed by atoms with E-state index in [1.807, 2.05) is 0 Å². The van der Waals surface area contributed by atoms with Crippen LogP contribution in [0.4, 0.5) is 0 Å². The highest BCUT2D eigenvalue weighted by molar-refractivity contribution is 4.85. The molecule has 3 unspecified atom stereocenters. The van der Waals surface area contributed by atoms with Crippen molar-refractivity contribution in [3.63, 3.8) is 0 Å². The molecule has 2 rings (SSSR count). The average molecular weight is 184 g/mol. The van der Waals surface area contributed by atoms with E-state index in [0.29, 0.717) is 30.8 Å². The van der Waals surface area contributed by atoms with E-state index in [2.05, 4.69) is 13.8 Å². The molecule has 0 amide bonds. The normalized spacial score (nSPS) is 40.4. The Morgan fingerprint density at radius 1 is 1.08 bits per heavy atom. The van der Waals surface area contributed by atoms with Crippen LogP contribution in [0.25, 0.3) is 0 Å². The van der Waals surface area contributed by atoms with E-state index < -0.39 is 0 Å². The van der Waals surface area contributed by atoms with Gasteiger partial charge in [-0.05, 0) is 18.8 Å². The summed E-state index contributed by atoms with van der Waals surface area (Å²) in [6.07, 6.45) is 6.18. The van der Waals surface area contributed by atoms with Crippen LogP contribution in [0.3, 0.4) is 0 Å². The highest BCUT2D eigenvalue weighted by atomic mass is 16.7. The summed E-state index contributed by atoms with van der Waals surface area (Å²) < 4.78 is 11.3. The van der Waals surface area contributed by atoms with Crippen LogP contribution < -0.4 is 0 Å². The van der Waals surface area contributed by atoms with E-state index in [4.69, 9.17) is 9.47 Å². The van der Waals surface area contributed by atoms with E-state index in [0.717, 1.165) is 0 Å². The van der Waals surface area contributed by atoms with Crippen molar-refractivity contribution in [3.8, 4) is 0 Å². The summed E-state index contributed by atoms with van der Waals surface area (Å²) >= 11 is 0. The van der Waals surface area contributed by atoms with E-state index in [-0.39, 0.29) is 0 Å². The molecule has 1 aliphatic heterocycles. The first kappa shape index (κ1) is 9.47. The standard InChI is InChI=1S/C11H20O2/c1-8(2)11-9-5-3-4-6-10(9)12-7-13-11/h8-11H,3-7H2,1-2H3. The second-order valence-electron chi connectivity index (χ2n) is 4.65. The summed E-state index contributed by atoms with van der Waals surface area (Å²) in [5, 5.41) is 0.